The van der Waals surface area contributed by atoms with Crippen molar-refractivity contribution in [3.8, 4) is 0 Å². The Bertz CT molecular complexity index is 452. The summed E-state index contributed by atoms with van der Waals surface area (Å²) >= 11 is 0. The molecular weight excluding hydrogens is 264 g/mol. The molecule has 2 atom stereocenters. The third-order valence-electron chi connectivity index (χ3n) is 3.29. The van der Waals surface area contributed by atoms with E-state index in [1.54, 1.807) is 27.7 Å². The van der Waals surface area contributed by atoms with E-state index in [4.69, 9.17) is 0 Å². The van der Waals surface area contributed by atoms with Crippen LogP contribution in [0.3, 0.4) is 0 Å². The van der Waals surface area contributed by atoms with E-state index in [1.807, 2.05) is 0 Å². The Kier molecular flexibility index (Phi) is 4.52. The number of amides is 3. The molecule has 2 N–H and O–H groups in total. The highest BCUT2D eigenvalue weighted by Gasteiger charge is 2.45. The number of carboxylic acid groups (broad SMARTS) is 1. The molecule has 0 saturated carbocycles. The van der Waals surface area contributed by atoms with Gasteiger partial charge in [0.25, 0.3) is 0 Å². The zero-order chi connectivity index (χ0) is 15.7. The molecule has 7 nitrogen and oxygen atoms in total. The van der Waals surface area contributed by atoms with Gasteiger partial charge in [0.2, 0.25) is 17.7 Å². The third-order valence-corrected chi connectivity index (χ3v) is 3.29. The molecular formula is C13H20N2O5. The summed E-state index contributed by atoms with van der Waals surface area (Å²) in [5.74, 6) is -4.40. The Balaban J connectivity index is 3.11. The molecule has 20 heavy (non-hydrogen) atoms. The van der Waals surface area contributed by atoms with Crippen LogP contribution >= 0.6 is 0 Å². The maximum atomic E-state index is 12.5. The smallest absolute Gasteiger partial charge is 0.316 e. The number of rotatable bonds is 3. The SMILES string of the molecule is CCC1C(=O)NC(=O)CN1C(=O)C(C(=O)O)C(C)(C)C. The van der Waals surface area contributed by atoms with Gasteiger partial charge in [0, 0.05) is 0 Å². The molecule has 0 aromatic carbocycles. The normalized spacial score (nSPS) is 21.4. The molecule has 0 bridgehead atoms. The van der Waals surface area contributed by atoms with Crippen LogP contribution in [0, 0.1) is 11.3 Å². The molecule has 1 saturated heterocycles. The molecule has 1 fully saturated rings. The summed E-state index contributed by atoms with van der Waals surface area (Å²) in [6, 6.07) is -0.801. The number of nitrogens with zero attached hydrogens (tertiary/aromatic N) is 1. The summed E-state index contributed by atoms with van der Waals surface area (Å²) in [7, 11) is 0. The fourth-order valence-corrected chi connectivity index (χ4v) is 2.32. The van der Waals surface area contributed by atoms with E-state index in [0.29, 0.717) is 6.42 Å². The standard InChI is InChI=1S/C13H20N2O5/c1-5-7-10(17)14-8(16)6-15(7)11(18)9(12(19)20)13(2,3)4/h7,9H,5-6H2,1-4H3,(H,19,20)(H,14,16,17). The second-order valence-corrected chi connectivity index (χ2v) is 5.94. The van der Waals surface area contributed by atoms with Crippen molar-refractivity contribution in [1.29, 1.82) is 0 Å². The van der Waals surface area contributed by atoms with E-state index in [2.05, 4.69) is 5.32 Å². The molecule has 0 aromatic rings. The largest absolute Gasteiger partial charge is 0.481 e. The highest BCUT2D eigenvalue weighted by Crippen LogP contribution is 2.29. The van der Waals surface area contributed by atoms with Gasteiger partial charge >= 0.3 is 5.97 Å². The monoisotopic (exact) mass is 284 g/mol. The average Bonchev–Trinajstić information content (AvgIpc) is 2.25. The van der Waals surface area contributed by atoms with Crippen molar-refractivity contribution >= 4 is 23.7 Å². The number of piperazine rings is 1. The highest BCUT2D eigenvalue weighted by atomic mass is 16.4. The zero-order valence-electron chi connectivity index (χ0n) is 12.1. The second-order valence-electron chi connectivity index (χ2n) is 5.94. The van der Waals surface area contributed by atoms with Gasteiger partial charge in [0.15, 0.2) is 0 Å². The zero-order valence-corrected chi connectivity index (χ0v) is 12.1. The van der Waals surface area contributed by atoms with Gasteiger partial charge in [-0.1, -0.05) is 27.7 Å². The lowest BCUT2D eigenvalue weighted by Crippen LogP contribution is -2.62. The summed E-state index contributed by atoms with van der Waals surface area (Å²) in [5, 5.41) is 11.4. The fourth-order valence-electron chi connectivity index (χ4n) is 2.32. The number of carbonyl (C=O) groups excluding carboxylic acids is 3. The molecule has 1 rings (SSSR count). The van der Waals surface area contributed by atoms with Crippen LogP contribution in [0.25, 0.3) is 0 Å². The number of aliphatic carboxylic acids is 1. The minimum atomic E-state index is -1.30. The number of carbonyl (C=O) groups is 4. The van der Waals surface area contributed by atoms with Crippen LogP contribution in [0.5, 0.6) is 0 Å². The number of carboxylic acids is 1. The van der Waals surface area contributed by atoms with Gasteiger partial charge < -0.3 is 10.0 Å². The second kappa shape index (κ2) is 5.60. The van der Waals surface area contributed by atoms with Crippen molar-refractivity contribution in [1.82, 2.24) is 10.2 Å². The van der Waals surface area contributed by atoms with E-state index in [9.17, 15) is 24.3 Å². The first kappa shape index (κ1) is 16.1. The minimum absolute atomic E-state index is 0.289. The van der Waals surface area contributed by atoms with Crippen molar-refractivity contribution in [3.05, 3.63) is 0 Å². The highest BCUT2D eigenvalue weighted by molar-refractivity contribution is 6.07. The maximum Gasteiger partial charge on any atom is 0.316 e. The van der Waals surface area contributed by atoms with Gasteiger partial charge in [-0.05, 0) is 11.8 Å². The van der Waals surface area contributed by atoms with Crippen LogP contribution in [-0.4, -0.2) is 46.3 Å². The third kappa shape index (κ3) is 3.15. The van der Waals surface area contributed by atoms with E-state index < -0.39 is 41.1 Å². The van der Waals surface area contributed by atoms with E-state index >= 15 is 0 Å². The van der Waals surface area contributed by atoms with E-state index in [1.165, 1.54) is 0 Å². The number of imide groups is 1. The fraction of sp³-hybridized carbons (Fsp3) is 0.692. The molecule has 1 aliphatic heterocycles. The summed E-state index contributed by atoms with van der Waals surface area (Å²) in [5.41, 5.74) is -0.807. The molecule has 0 aliphatic carbocycles. The van der Waals surface area contributed by atoms with Crippen LogP contribution < -0.4 is 5.32 Å². The first-order valence-electron chi connectivity index (χ1n) is 6.46. The minimum Gasteiger partial charge on any atom is -0.481 e. The molecule has 3 amide bonds. The first-order chi connectivity index (χ1) is 9.09. The van der Waals surface area contributed by atoms with Crippen molar-refractivity contribution in [2.45, 2.75) is 40.2 Å². The summed E-state index contributed by atoms with van der Waals surface area (Å²) in [4.78, 5) is 48.0. The van der Waals surface area contributed by atoms with Crippen LogP contribution in [0.1, 0.15) is 34.1 Å². The van der Waals surface area contributed by atoms with Gasteiger partial charge in [0.1, 0.15) is 18.5 Å². The van der Waals surface area contributed by atoms with Gasteiger partial charge in [-0.25, -0.2) is 0 Å². The molecule has 112 valence electrons. The Morgan fingerprint density at radius 2 is 1.95 bits per heavy atom. The first-order valence-corrected chi connectivity index (χ1v) is 6.46. The predicted molar refractivity (Wildman–Crippen MR) is 69.5 cm³/mol. The molecule has 1 heterocycles. The maximum absolute atomic E-state index is 12.5. The van der Waals surface area contributed by atoms with Crippen LogP contribution in [0.15, 0.2) is 0 Å². The van der Waals surface area contributed by atoms with E-state index in [-0.39, 0.29) is 6.54 Å². The summed E-state index contributed by atoms with van der Waals surface area (Å²) in [6.45, 7) is 6.32. The summed E-state index contributed by atoms with van der Waals surface area (Å²) in [6.07, 6.45) is 0.321. The quantitative estimate of drug-likeness (QED) is 0.560. The van der Waals surface area contributed by atoms with Crippen LogP contribution in [-0.2, 0) is 19.2 Å². The molecule has 0 spiro atoms. The Labute approximate surface area is 117 Å². The average molecular weight is 284 g/mol. The van der Waals surface area contributed by atoms with Crippen LogP contribution in [0.2, 0.25) is 0 Å². The van der Waals surface area contributed by atoms with Gasteiger partial charge in [-0.2, -0.15) is 0 Å². The van der Waals surface area contributed by atoms with Crippen LogP contribution in [0.4, 0.5) is 0 Å². The molecule has 2 unspecified atom stereocenters. The topological polar surface area (TPSA) is 104 Å². The molecule has 7 heteroatoms. The lowest BCUT2D eigenvalue weighted by Gasteiger charge is -2.37. The van der Waals surface area contributed by atoms with Gasteiger partial charge in [-0.3, -0.25) is 24.5 Å². The molecule has 0 aromatic heterocycles. The summed E-state index contributed by atoms with van der Waals surface area (Å²) < 4.78 is 0. The van der Waals surface area contributed by atoms with Crippen molar-refractivity contribution in [3.63, 3.8) is 0 Å². The predicted octanol–water partition coefficient (Wildman–Crippen LogP) is -0.00310. The molecule has 1 aliphatic rings. The van der Waals surface area contributed by atoms with Crippen molar-refractivity contribution < 1.29 is 24.3 Å². The van der Waals surface area contributed by atoms with E-state index in [0.717, 1.165) is 4.90 Å². The Morgan fingerprint density at radius 3 is 2.35 bits per heavy atom. The number of hydrogen-bond donors (Lipinski definition) is 2. The number of hydrogen-bond acceptors (Lipinski definition) is 4. The number of nitrogens with one attached hydrogen (secondary N) is 1. The van der Waals surface area contributed by atoms with Gasteiger partial charge in [0.05, 0.1) is 0 Å². The Hall–Kier alpha value is -1.92. The van der Waals surface area contributed by atoms with Crippen molar-refractivity contribution in [2.75, 3.05) is 6.54 Å². The molecule has 0 radical (unpaired) electrons. The lowest BCUT2D eigenvalue weighted by molar-refractivity contribution is -0.162. The lowest BCUT2D eigenvalue weighted by atomic mass is 9.79. The van der Waals surface area contributed by atoms with Gasteiger partial charge in [-0.15, -0.1) is 0 Å². The Morgan fingerprint density at radius 1 is 1.40 bits per heavy atom. The van der Waals surface area contributed by atoms with Crippen molar-refractivity contribution in [2.24, 2.45) is 11.3 Å².